The molecule has 8 nitrogen and oxygen atoms in total. The first-order valence-corrected chi connectivity index (χ1v) is 8.14. The van der Waals surface area contributed by atoms with Gasteiger partial charge in [0, 0.05) is 6.54 Å². The Hall–Kier alpha value is -0.675. The van der Waals surface area contributed by atoms with Crippen LogP contribution in [0.15, 0.2) is 0 Å². The smallest absolute Gasteiger partial charge is 0.426 e. The Bertz CT molecular complexity index is 406. The minimum Gasteiger partial charge on any atom is -0.426 e. The van der Waals surface area contributed by atoms with Gasteiger partial charge in [-0.3, -0.25) is 9.35 Å². The number of rotatable bonds is 3. The molecule has 1 fully saturated rings. The molecule has 118 valence electrons. The lowest BCUT2D eigenvalue weighted by atomic mass is 9.77. The molecular formula is C10H23BN2O6S. The summed E-state index contributed by atoms with van der Waals surface area (Å²) < 4.78 is 25.9. The summed E-state index contributed by atoms with van der Waals surface area (Å²) in [6.45, 7) is 4.33. The van der Waals surface area contributed by atoms with E-state index in [1.807, 2.05) is 13.8 Å². The third-order valence-electron chi connectivity index (χ3n) is 2.93. The predicted molar refractivity (Wildman–Crippen MR) is 75.2 cm³/mol. The normalized spacial score (nSPS) is 20.4. The van der Waals surface area contributed by atoms with Crippen molar-refractivity contribution in [1.82, 2.24) is 4.90 Å². The van der Waals surface area contributed by atoms with Crippen molar-refractivity contribution in [3.63, 3.8) is 0 Å². The van der Waals surface area contributed by atoms with E-state index in [9.17, 15) is 13.2 Å². The molecule has 0 aliphatic carbocycles. The van der Waals surface area contributed by atoms with Crippen LogP contribution < -0.4 is 5.73 Å². The van der Waals surface area contributed by atoms with Crippen LogP contribution in [-0.2, 0) is 14.9 Å². The van der Waals surface area contributed by atoms with Crippen molar-refractivity contribution >= 4 is 23.1 Å². The lowest BCUT2D eigenvalue weighted by Crippen LogP contribution is -2.52. The molecule has 1 heterocycles. The Morgan fingerprint density at radius 3 is 2.20 bits per heavy atom. The first-order chi connectivity index (χ1) is 8.95. The van der Waals surface area contributed by atoms with Crippen LogP contribution in [0.5, 0.6) is 0 Å². The summed E-state index contributed by atoms with van der Waals surface area (Å²) in [6.07, 6.45) is 2.15. The first kappa shape index (κ1) is 19.3. The van der Waals surface area contributed by atoms with Crippen LogP contribution in [0.25, 0.3) is 0 Å². The van der Waals surface area contributed by atoms with Gasteiger partial charge < -0.3 is 20.7 Å². The monoisotopic (exact) mass is 310 g/mol. The maximum Gasteiger partial charge on any atom is 0.475 e. The van der Waals surface area contributed by atoms with Gasteiger partial charge in [-0.2, -0.15) is 8.42 Å². The fourth-order valence-electron chi connectivity index (χ4n) is 1.85. The molecule has 0 aromatic heterocycles. The highest BCUT2D eigenvalue weighted by Crippen LogP contribution is 2.19. The highest BCUT2D eigenvalue weighted by atomic mass is 32.2. The predicted octanol–water partition coefficient (Wildman–Crippen LogP) is -1.52. The molecule has 5 N–H and O–H groups in total. The molecular weight excluding hydrogens is 287 g/mol. The SMILES string of the molecule is CC(C)[C@H](N)C(=O)N1CCC[C@H]1B(O)O.CS(=O)(=O)O. The molecule has 0 radical (unpaired) electrons. The molecule has 1 aliphatic heterocycles. The Morgan fingerprint density at radius 1 is 1.40 bits per heavy atom. The zero-order valence-corrected chi connectivity index (χ0v) is 12.7. The molecule has 0 unspecified atom stereocenters. The molecule has 1 amide bonds. The summed E-state index contributed by atoms with van der Waals surface area (Å²) in [5.41, 5.74) is 5.75. The molecule has 1 aliphatic rings. The van der Waals surface area contributed by atoms with Crippen LogP contribution in [0.1, 0.15) is 26.7 Å². The number of likely N-dealkylation sites (tertiary alicyclic amines) is 1. The number of hydrogen-bond acceptors (Lipinski definition) is 6. The van der Waals surface area contributed by atoms with E-state index in [4.69, 9.17) is 20.3 Å². The van der Waals surface area contributed by atoms with Crippen molar-refractivity contribution in [2.75, 3.05) is 12.8 Å². The van der Waals surface area contributed by atoms with Gasteiger partial charge in [-0.1, -0.05) is 13.8 Å². The Labute approximate surface area is 119 Å². The van der Waals surface area contributed by atoms with Crippen LogP contribution >= 0.6 is 0 Å². The second-order valence-corrected chi connectivity index (χ2v) is 6.62. The van der Waals surface area contributed by atoms with Crippen molar-refractivity contribution in [3.8, 4) is 0 Å². The number of hydrogen-bond donors (Lipinski definition) is 4. The van der Waals surface area contributed by atoms with Gasteiger partial charge in [0.05, 0.1) is 18.2 Å². The molecule has 0 aromatic carbocycles. The zero-order valence-electron chi connectivity index (χ0n) is 11.9. The topological polar surface area (TPSA) is 141 Å². The van der Waals surface area contributed by atoms with Crippen molar-refractivity contribution in [1.29, 1.82) is 0 Å². The first-order valence-electron chi connectivity index (χ1n) is 6.29. The Morgan fingerprint density at radius 2 is 1.85 bits per heavy atom. The number of nitrogens with two attached hydrogens (primary N) is 1. The molecule has 0 bridgehead atoms. The highest BCUT2D eigenvalue weighted by Gasteiger charge is 2.38. The van der Waals surface area contributed by atoms with Crippen LogP contribution in [0, 0.1) is 5.92 Å². The van der Waals surface area contributed by atoms with Gasteiger partial charge in [0.15, 0.2) is 0 Å². The van der Waals surface area contributed by atoms with E-state index >= 15 is 0 Å². The average Bonchev–Trinajstić information content (AvgIpc) is 2.73. The van der Waals surface area contributed by atoms with E-state index in [1.165, 1.54) is 4.90 Å². The van der Waals surface area contributed by atoms with E-state index in [0.29, 0.717) is 19.2 Å². The zero-order chi connectivity index (χ0) is 16.1. The van der Waals surface area contributed by atoms with Crippen LogP contribution in [0.2, 0.25) is 0 Å². The largest absolute Gasteiger partial charge is 0.475 e. The molecule has 2 atom stereocenters. The van der Waals surface area contributed by atoms with Gasteiger partial charge in [-0.25, -0.2) is 0 Å². The molecule has 1 rings (SSSR count). The molecule has 20 heavy (non-hydrogen) atoms. The summed E-state index contributed by atoms with van der Waals surface area (Å²) >= 11 is 0. The van der Waals surface area contributed by atoms with E-state index in [1.54, 1.807) is 0 Å². The van der Waals surface area contributed by atoms with Crippen molar-refractivity contribution in [2.45, 2.75) is 38.7 Å². The molecule has 0 aromatic rings. The number of carbonyl (C=O) groups is 1. The average molecular weight is 310 g/mol. The standard InChI is InChI=1S/C9H19BN2O3.CH4O3S/c1-6(2)8(11)9(13)12-5-3-4-7(12)10(14)15;1-5(2,3)4/h6-8,14-15H,3-5,11H2,1-2H3;1H3,(H,2,3,4)/t7-,8-;/m0./s1. The summed E-state index contributed by atoms with van der Waals surface area (Å²) in [5.74, 6) is -0.600. The van der Waals surface area contributed by atoms with E-state index < -0.39 is 29.2 Å². The summed E-state index contributed by atoms with van der Waals surface area (Å²) in [4.78, 5) is 13.4. The second-order valence-electron chi connectivity index (χ2n) is 5.16. The summed E-state index contributed by atoms with van der Waals surface area (Å²) in [5, 5.41) is 18.2. The lowest BCUT2D eigenvalue weighted by molar-refractivity contribution is -0.133. The lowest BCUT2D eigenvalue weighted by Gasteiger charge is -2.28. The maximum absolute atomic E-state index is 11.9. The van der Waals surface area contributed by atoms with Crippen LogP contribution in [0.3, 0.4) is 0 Å². The summed E-state index contributed by atoms with van der Waals surface area (Å²) in [6, 6.07) is -0.552. The molecule has 1 saturated heterocycles. The van der Waals surface area contributed by atoms with Gasteiger partial charge >= 0.3 is 7.12 Å². The third kappa shape index (κ3) is 7.20. The van der Waals surface area contributed by atoms with Crippen molar-refractivity contribution < 1.29 is 27.8 Å². The van der Waals surface area contributed by atoms with Crippen LogP contribution in [-0.4, -0.2) is 65.7 Å². The number of nitrogens with zero attached hydrogens (tertiary/aromatic N) is 1. The fourth-order valence-corrected chi connectivity index (χ4v) is 1.85. The van der Waals surface area contributed by atoms with Crippen LogP contribution in [0.4, 0.5) is 0 Å². The second kappa shape index (κ2) is 7.94. The quantitative estimate of drug-likeness (QED) is 0.366. The number of carbonyl (C=O) groups excluding carboxylic acids is 1. The molecule has 0 saturated carbocycles. The van der Waals surface area contributed by atoms with E-state index in [0.717, 1.165) is 6.42 Å². The minimum absolute atomic E-state index is 0.0644. The fraction of sp³-hybridized carbons (Fsp3) is 0.900. The number of amides is 1. The Kier molecular flexibility index (Phi) is 7.67. The van der Waals surface area contributed by atoms with E-state index in [-0.39, 0.29) is 11.8 Å². The van der Waals surface area contributed by atoms with Gasteiger partial charge in [0.2, 0.25) is 5.91 Å². The van der Waals surface area contributed by atoms with Gasteiger partial charge in [0.1, 0.15) is 0 Å². The minimum atomic E-state index is -3.67. The molecule has 10 heteroatoms. The van der Waals surface area contributed by atoms with Crippen molar-refractivity contribution in [2.24, 2.45) is 11.7 Å². The summed E-state index contributed by atoms with van der Waals surface area (Å²) in [7, 11) is -5.13. The maximum atomic E-state index is 11.9. The van der Waals surface area contributed by atoms with Crippen molar-refractivity contribution in [3.05, 3.63) is 0 Å². The van der Waals surface area contributed by atoms with E-state index in [2.05, 4.69) is 0 Å². The highest BCUT2D eigenvalue weighted by molar-refractivity contribution is 7.85. The van der Waals surface area contributed by atoms with Gasteiger partial charge in [0.25, 0.3) is 10.1 Å². The van der Waals surface area contributed by atoms with Gasteiger partial charge in [-0.05, 0) is 18.8 Å². The Balaban J connectivity index is 0.000000621. The molecule has 0 spiro atoms. The van der Waals surface area contributed by atoms with Gasteiger partial charge in [-0.15, -0.1) is 0 Å². The third-order valence-corrected chi connectivity index (χ3v) is 2.93.